The summed E-state index contributed by atoms with van der Waals surface area (Å²) in [7, 11) is -3.39. The minimum absolute atomic E-state index is 0.0834. The molecule has 2 rings (SSSR count). The van der Waals surface area contributed by atoms with Gasteiger partial charge >= 0.3 is 0 Å². The van der Waals surface area contributed by atoms with E-state index < -0.39 is 10.0 Å². The highest BCUT2D eigenvalue weighted by atomic mass is 32.2. The van der Waals surface area contributed by atoms with Crippen LogP contribution in [0.25, 0.3) is 0 Å². The Morgan fingerprint density at radius 2 is 2.30 bits per heavy atom. The molecule has 3 N–H and O–H groups in total. The molecule has 1 aromatic rings. The fourth-order valence-electron chi connectivity index (χ4n) is 2.16. The fourth-order valence-corrected chi connectivity index (χ4v) is 3.69. The van der Waals surface area contributed by atoms with Crippen LogP contribution in [0.1, 0.15) is 24.0 Å². The number of hydrogen-bond donors (Lipinski definition) is 2. The van der Waals surface area contributed by atoms with Crippen molar-refractivity contribution >= 4 is 27.2 Å². The Hall–Kier alpha value is -1.02. The SMILES string of the molecule is NC(=S)c1cccc(CS(=O)(=O)NC2CCCOC2)c1. The van der Waals surface area contributed by atoms with Gasteiger partial charge in [0, 0.05) is 18.2 Å². The second-order valence-corrected chi connectivity index (χ2v) is 7.05. The molecule has 1 aliphatic heterocycles. The van der Waals surface area contributed by atoms with E-state index in [2.05, 4.69) is 4.72 Å². The molecule has 110 valence electrons. The number of ether oxygens (including phenoxy) is 1. The highest BCUT2D eigenvalue weighted by Crippen LogP contribution is 2.12. The normalized spacial score (nSPS) is 19.7. The molecule has 0 amide bonds. The molecular formula is C13H18N2O3S2. The summed E-state index contributed by atoms with van der Waals surface area (Å²) in [5, 5.41) is 0. The first-order chi connectivity index (χ1) is 9.46. The van der Waals surface area contributed by atoms with E-state index in [1.54, 1.807) is 24.3 Å². The smallest absolute Gasteiger partial charge is 0.216 e. The van der Waals surface area contributed by atoms with Gasteiger partial charge < -0.3 is 10.5 Å². The lowest BCUT2D eigenvalue weighted by atomic mass is 10.1. The molecule has 1 heterocycles. The van der Waals surface area contributed by atoms with Gasteiger partial charge in [-0.1, -0.05) is 30.4 Å². The van der Waals surface area contributed by atoms with E-state index in [0.29, 0.717) is 24.3 Å². The van der Waals surface area contributed by atoms with Crippen LogP contribution >= 0.6 is 12.2 Å². The summed E-state index contributed by atoms with van der Waals surface area (Å²) in [5.74, 6) is -0.0834. The highest BCUT2D eigenvalue weighted by molar-refractivity contribution is 7.88. The maximum Gasteiger partial charge on any atom is 0.216 e. The molecule has 0 radical (unpaired) electrons. The van der Waals surface area contributed by atoms with Crippen molar-refractivity contribution in [1.82, 2.24) is 4.72 Å². The summed E-state index contributed by atoms with van der Waals surface area (Å²) in [6, 6.07) is 6.84. The van der Waals surface area contributed by atoms with E-state index in [-0.39, 0.29) is 16.8 Å². The standard InChI is InChI=1S/C13H18N2O3S2/c14-13(19)11-4-1-3-10(7-11)9-20(16,17)15-12-5-2-6-18-8-12/h1,3-4,7,12,15H,2,5-6,8-9H2,(H2,14,19). The minimum Gasteiger partial charge on any atom is -0.389 e. The average Bonchev–Trinajstić information content (AvgIpc) is 2.39. The Balaban J connectivity index is 2.03. The van der Waals surface area contributed by atoms with Crippen molar-refractivity contribution in [3.63, 3.8) is 0 Å². The van der Waals surface area contributed by atoms with Crippen LogP contribution < -0.4 is 10.5 Å². The lowest BCUT2D eigenvalue weighted by Crippen LogP contribution is -2.41. The number of nitrogens with two attached hydrogens (primary N) is 1. The molecule has 0 spiro atoms. The molecule has 0 saturated carbocycles. The van der Waals surface area contributed by atoms with Crippen LogP contribution in [0.2, 0.25) is 0 Å². The Bertz CT molecular complexity index is 581. The van der Waals surface area contributed by atoms with Crippen molar-refractivity contribution < 1.29 is 13.2 Å². The van der Waals surface area contributed by atoms with E-state index in [1.165, 1.54) is 0 Å². The first-order valence-corrected chi connectivity index (χ1v) is 8.49. The molecule has 1 saturated heterocycles. The molecule has 1 unspecified atom stereocenters. The van der Waals surface area contributed by atoms with Gasteiger partial charge in [0.25, 0.3) is 0 Å². The zero-order chi connectivity index (χ0) is 14.6. The molecule has 0 aliphatic carbocycles. The summed E-state index contributed by atoms with van der Waals surface area (Å²) in [4.78, 5) is 0.262. The van der Waals surface area contributed by atoms with Crippen LogP contribution in [0.4, 0.5) is 0 Å². The zero-order valence-corrected chi connectivity index (χ0v) is 12.7. The number of nitrogens with one attached hydrogen (secondary N) is 1. The van der Waals surface area contributed by atoms with Crippen LogP contribution in [0.3, 0.4) is 0 Å². The number of thiocarbonyl (C=S) groups is 1. The summed E-state index contributed by atoms with van der Waals surface area (Å²) in [6.45, 7) is 1.14. The molecular weight excluding hydrogens is 296 g/mol. The number of benzene rings is 1. The van der Waals surface area contributed by atoms with Crippen molar-refractivity contribution in [2.75, 3.05) is 13.2 Å². The van der Waals surface area contributed by atoms with Gasteiger partial charge in [0.05, 0.1) is 12.4 Å². The van der Waals surface area contributed by atoms with E-state index in [9.17, 15) is 8.42 Å². The zero-order valence-electron chi connectivity index (χ0n) is 11.0. The average molecular weight is 314 g/mol. The van der Waals surface area contributed by atoms with Gasteiger partial charge in [0.15, 0.2) is 0 Å². The molecule has 1 atom stereocenters. The Morgan fingerprint density at radius 3 is 2.95 bits per heavy atom. The first-order valence-electron chi connectivity index (χ1n) is 6.43. The van der Waals surface area contributed by atoms with E-state index in [1.807, 2.05) is 0 Å². The van der Waals surface area contributed by atoms with Gasteiger partial charge in [-0.2, -0.15) is 0 Å². The summed E-state index contributed by atoms with van der Waals surface area (Å²) < 4.78 is 32.2. The minimum atomic E-state index is -3.39. The second-order valence-electron chi connectivity index (χ2n) is 4.86. The molecule has 1 aliphatic rings. The largest absolute Gasteiger partial charge is 0.389 e. The fraction of sp³-hybridized carbons (Fsp3) is 0.462. The van der Waals surface area contributed by atoms with Crippen LogP contribution in [0, 0.1) is 0 Å². The van der Waals surface area contributed by atoms with Crippen LogP contribution in [0.15, 0.2) is 24.3 Å². The van der Waals surface area contributed by atoms with Gasteiger partial charge in [-0.25, -0.2) is 13.1 Å². The monoisotopic (exact) mass is 314 g/mol. The summed E-state index contributed by atoms with van der Waals surface area (Å²) in [5.41, 5.74) is 6.89. The lowest BCUT2D eigenvalue weighted by molar-refractivity contribution is 0.0774. The lowest BCUT2D eigenvalue weighted by Gasteiger charge is -2.23. The molecule has 20 heavy (non-hydrogen) atoms. The predicted molar refractivity (Wildman–Crippen MR) is 81.9 cm³/mol. The number of rotatable bonds is 5. The van der Waals surface area contributed by atoms with Crippen molar-refractivity contribution in [2.45, 2.75) is 24.6 Å². The molecule has 1 fully saturated rings. The van der Waals surface area contributed by atoms with Crippen LogP contribution in [0.5, 0.6) is 0 Å². The van der Waals surface area contributed by atoms with Gasteiger partial charge in [-0.05, 0) is 24.5 Å². The molecule has 0 aromatic heterocycles. The summed E-state index contributed by atoms with van der Waals surface area (Å²) in [6.07, 6.45) is 1.69. The summed E-state index contributed by atoms with van der Waals surface area (Å²) >= 11 is 4.89. The third-order valence-corrected chi connectivity index (χ3v) is 4.72. The molecule has 1 aromatic carbocycles. The third-order valence-electron chi connectivity index (χ3n) is 3.07. The molecule has 7 heteroatoms. The third kappa shape index (κ3) is 4.52. The highest BCUT2D eigenvalue weighted by Gasteiger charge is 2.21. The topological polar surface area (TPSA) is 81.4 Å². The Morgan fingerprint density at radius 1 is 1.50 bits per heavy atom. The van der Waals surface area contributed by atoms with Gasteiger partial charge in [-0.3, -0.25) is 0 Å². The van der Waals surface area contributed by atoms with Crippen molar-refractivity contribution in [1.29, 1.82) is 0 Å². The van der Waals surface area contributed by atoms with E-state index in [0.717, 1.165) is 12.8 Å². The van der Waals surface area contributed by atoms with Gasteiger partial charge in [-0.15, -0.1) is 0 Å². The Labute approximate surface area is 124 Å². The molecule has 5 nitrogen and oxygen atoms in total. The van der Waals surface area contributed by atoms with Crippen LogP contribution in [-0.2, 0) is 20.5 Å². The van der Waals surface area contributed by atoms with E-state index in [4.69, 9.17) is 22.7 Å². The van der Waals surface area contributed by atoms with Crippen molar-refractivity contribution in [3.05, 3.63) is 35.4 Å². The Kier molecular flexibility index (Phi) is 5.09. The van der Waals surface area contributed by atoms with Crippen LogP contribution in [-0.4, -0.2) is 32.7 Å². The van der Waals surface area contributed by atoms with Crippen molar-refractivity contribution in [2.24, 2.45) is 5.73 Å². The first kappa shape index (κ1) is 15.4. The van der Waals surface area contributed by atoms with Gasteiger partial charge in [0.1, 0.15) is 4.99 Å². The number of hydrogen-bond acceptors (Lipinski definition) is 4. The maximum atomic E-state index is 12.1. The number of sulfonamides is 1. The van der Waals surface area contributed by atoms with E-state index >= 15 is 0 Å². The molecule has 0 bridgehead atoms. The van der Waals surface area contributed by atoms with Gasteiger partial charge in [0.2, 0.25) is 10.0 Å². The quantitative estimate of drug-likeness (QED) is 0.790. The van der Waals surface area contributed by atoms with Crippen molar-refractivity contribution in [3.8, 4) is 0 Å². The second kappa shape index (κ2) is 6.62. The predicted octanol–water partition coefficient (Wildman–Crippen LogP) is 0.919. The maximum absolute atomic E-state index is 12.1.